The van der Waals surface area contributed by atoms with Crippen molar-refractivity contribution < 1.29 is 9.29 Å². The first-order valence-electron chi connectivity index (χ1n) is 9.20. The third-order valence-electron chi connectivity index (χ3n) is 5.37. The lowest BCUT2D eigenvalue weighted by Gasteiger charge is -2.46. The molecule has 2 fully saturated rings. The Morgan fingerprint density at radius 2 is 1.83 bits per heavy atom. The van der Waals surface area contributed by atoms with Gasteiger partial charge in [0.2, 0.25) is 0 Å². The minimum atomic E-state index is -0.229. The van der Waals surface area contributed by atoms with E-state index in [9.17, 15) is 4.39 Å². The van der Waals surface area contributed by atoms with Gasteiger partial charge in [-0.3, -0.25) is 0 Å². The van der Waals surface area contributed by atoms with Gasteiger partial charge in [-0.25, -0.2) is 4.39 Å². The van der Waals surface area contributed by atoms with Crippen LogP contribution in [-0.2, 0) is 0 Å². The molecule has 0 aliphatic carbocycles. The number of quaternary nitrogens is 1. The van der Waals surface area contributed by atoms with Crippen LogP contribution in [0.4, 0.5) is 10.1 Å². The average Bonchev–Trinajstić information content (AvgIpc) is 2.50. The number of fused-ring (bicyclic) bond motifs is 2. The first-order valence-corrected chi connectivity index (χ1v) is 9.60. The number of anilines is 1. The highest BCUT2D eigenvalue weighted by molar-refractivity contribution is 7.80. The highest BCUT2D eigenvalue weighted by Crippen LogP contribution is 2.22. The van der Waals surface area contributed by atoms with Crippen molar-refractivity contribution in [3.63, 3.8) is 0 Å². The van der Waals surface area contributed by atoms with Gasteiger partial charge in [0.25, 0.3) is 0 Å². The summed E-state index contributed by atoms with van der Waals surface area (Å²) < 4.78 is 13.0. The summed E-state index contributed by atoms with van der Waals surface area (Å²) in [5.41, 5.74) is 0.831. The Bertz CT molecular complexity index is 546. The van der Waals surface area contributed by atoms with E-state index in [1.54, 1.807) is 12.1 Å². The third-order valence-corrected chi connectivity index (χ3v) is 5.59. The first kappa shape index (κ1) is 17.6. The summed E-state index contributed by atoms with van der Waals surface area (Å²) >= 11 is 5.46. The van der Waals surface area contributed by atoms with Gasteiger partial charge >= 0.3 is 0 Å². The molecule has 1 aromatic rings. The molecule has 2 bridgehead atoms. The maximum absolute atomic E-state index is 13.0. The van der Waals surface area contributed by atoms with Crippen molar-refractivity contribution in [2.45, 2.75) is 64.1 Å². The largest absolute Gasteiger partial charge is 0.359 e. The molecule has 0 amide bonds. The molecule has 0 spiro atoms. The average molecular weight is 351 g/mol. The number of nitrogens with one attached hydrogen (secondary N) is 3. The van der Waals surface area contributed by atoms with Crippen molar-refractivity contribution in [2.24, 2.45) is 5.92 Å². The van der Waals surface area contributed by atoms with Crippen molar-refractivity contribution in [2.75, 3.05) is 11.9 Å². The third kappa shape index (κ3) is 4.45. The Morgan fingerprint density at radius 3 is 2.42 bits per heavy atom. The zero-order valence-corrected chi connectivity index (χ0v) is 15.5. The molecule has 0 radical (unpaired) electrons. The van der Waals surface area contributed by atoms with E-state index < -0.39 is 0 Å². The molecule has 4 atom stereocenters. The van der Waals surface area contributed by atoms with Crippen molar-refractivity contribution in [3.05, 3.63) is 30.1 Å². The van der Waals surface area contributed by atoms with Crippen LogP contribution < -0.4 is 15.5 Å². The van der Waals surface area contributed by atoms with E-state index in [0.717, 1.165) is 23.7 Å². The molecule has 3 N–H and O–H groups in total. The molecule has 3 rings (SSSR count). The van der Waals surface area contributed by atoms with Crippen LogP contribution in [0, 0.1) is 11.7 Å². The summed E-state index contributed by atoms with van der Waals surface area (Å²) in [6.45, 7) is 5.95. The maximum Gasteiger partial charge on any atom is 0.171 e. The predicted octanol–water partition coefficient (Wildman–Crippen LogP) is 2.74. The van der Waals surface area contributed by atoms with Gasteiger partial charge in [-0.1, -0.05) is 13.8 Å². The van der Waals surface area contributed by atoms with E-state index in [1.165, 1.54) is 50.8 Å². The van der Waals surface area contributed by atoms with E-state index in [-0.39, 0.29) is 5.82 Å². The number of halogens is 1. The number of thiocarbonyl (C=S) groups is 1. The molecule has 2 aliphatic rings. The van der Waals surface area contributed by atoms with Crippen molar-refractivity contribution in [1.82, 2.24) is 5.32 Å². The lowest BCUT2D eigenvalue weighted by molar-refractivity contribution is -0.963. The van der Waals surface area contributed by atoms with Gasteiger partial charge in [0.1, 0.15) is 5.82 Å². The van der Waals surface area contributed by atoms with Gasteiger partial charge in [0.15, 0.2) is 5.11 Å². The summed E-state index contributed by atoms with van der Waals surface area (Å²) in [4.78, 5) is 1.83. The minimum Gasteiger partial charge on any atom is -0.359 e. The summed E-state index contributed by atoms with van der Waals surface area (Å²) in [7, 11) is 0. The summed E-state index contributed by atoms with van der Waals surface area (Å²) in [5, 5.41) is 7.32. The molecule has 2 unspecified atom stereocenters. The zero-order chi connectivity index (χ0) is 17.1. The lowest BCUT2D eigenvalue weighted by atomic mass is 9.81. The van der Waals surface area contributed by atoms with Crippen molar-refractivity contribution in [3.8, 4) is 0 Å². The summed E-state index contributed by atoms with van der Waals surface area (Å²) in [6.07, 6.45) is 6.46. The van der Waals surface area contributed by atoms with Gasteiger partial charge < -0.3 is 15.5 Å². The Balaban J connectivity index is 1.55. The lowest BCUT2D eigenvalue weighted by Crippen LogP contribution is -3.21. The second-order valence-electron chi connectivity index (χ2n) is 7.77. The van der Waals surface area contributed by atoms with E-state index >= 15 is 0 Å². The van der Waals surface area contributed by atoms with E-state index in [4.69, 9.17) is 12.2 Å². The maximum atomic E-state index is 13.0. The van der Waals surface area contributed by atoms with Gasteiger partial charge in [-0.2, -0.15) is 0 Å². The van der Waals surface area contributed by atoms with Crippen LogP contribution in [0.25, 0.3) is 0 Å². The van der Waals surface area contributed by atoms with Crippen molar-refractivity contribution in [1.29, 1.82) is 0 Å². The fourth-order valence-electron chi connectivity index (χ4n) is 4.44. The second kappa shape index (κ2) is 7.79. The smallest absolute Gasteiger partial charge is 0.171 e. The van der Waals surface area contributed by atoms with Crippen LogP contribution in [0.5, 0.6) is 0 Å². The molecule has 3 nitrogen and oxygen atoms in total. The van der Waals surface area contributed by atoms with Crippen LogP contribution in [0.3, 0.4) is 0 Å². The SMILES string of the molecule is CC(C)C[NH+]1[C@@H]2CCC[C@H]1CC(NC(=S)Nc1ccc(F)cc1)C2. The molecule has 2 saturated heterocycles. The second-order valence-corrected chi connectivity index (χ2v) is 8.18. The van der Waals surface area contributed by atoms with Crippen LogP contribution >= 0.6 is 12.2 Å². The van der Waals surface area contributed by atoms with E-state index in [1.807, 2.05) is 4.90 Å². The highest BCUT2D eigenvalue weighted by atomic mass is 32.1. The number of rotatable bonds is 4. The Kier molecular flexibility index (Phi) is 5.72. The van der Waals surface area contributed by atoms with Crippen LogP contribution in [0.15, 0.2) is 24.3 Å². The van der Waals surface area contributed by atoms with Crippen LogP contribution in [-0.4, -0.2) is 29.8 Å². The topological polar surface area (TPSA) is 28.5 Å². The van der Waals surface area contributed by atoms with Gasteiger partial charge in [-0.05, 0) is 55.7 Å². The molecule has 1 aromatic carbocycles. The summed E-state index contributed by atoms with van der Waals surface area (Å²) in [6, 6.07) is 8.32. The molecule has 5 heteroatoms. The van der Waals surface area contributed by atoms with Gasteiger partial charge in [0, 0.05) is 30.5 Å². The monoisotopic (exact) mass is 350 g/mol. The van der Waals surface area contributed by atoms with Gasteiger partial charge in [0.05, 0.1) is 18.6 Å². The number of benzene rings is 1. The molecule has 2 aliphatic heterocycles. The fourth-order valence-corrected chi connectivity index (χ4v) is 4.73. The van der Waals surface area contributed by atoms with E-state index in [0.29, 0.717) is 11.2 Å². The number of hydrogen-bond acceptors (Lipinski definition) is 1. The van der Waals surface area contributed by atoms with Crippen molar-refractivity contribution >= 4 is 23.0 Å². The Hall–Kier alpha value is -1.20. The molecular weight excluding hydrogens is 321 g/mol. The molecule has 24 heavy (non-hydrogen) atoms. The standard InChI is InChI=1S/C19H28FN3S/c1-13(2)12-23-17-4-3-5-18(23)11-16(10-17)22-19(24)21-15-8-6-14(20)7-9-15/h6-9,13,16-18H,3-5,10-12H2,1-2H3,(H2,21,22,24)/p+1/t16?,17-,18+. The number of piperidine rings is 2. The quantitative estimate of drug-likeness (QED) is 0.729. The molecule has 0 aromatic heterocycles. The van der Waals surface area contributed by atoms with Crippen LogP contribution in [0.2, 0.25) is 0 Å². The Labute approximate surface area is 150 Å². The number of hydrogen-bond donors (Lipinski definition) is 3. The first-order chi connectivity index (χ1) is 11.5. The van der Waals surface area contributed by atoms with Crippen LogP contribution in [0.1, 0.15) is 46.0 Å². The predicted molar refractivity (Wildman–Crippen MR) is 101 cm³/mol. The summed E-state index contributed by atoms with van der Waals surface area (Å²) in [5.74, 6) is 0.529. The Morgan fingerprint density at radius 1 is 1.21 bits per heavy atom. The van der Waals surface area contributed by atoms with E-state index in [2.05, 4.69) is 24.5 Å². The minimum absolute atomic E-state index is 0.229. The molecular formula is C19H29FN3S+. The normalized spacial score (nSPS) is 29.3. The highest BCUT2D eigenvalue weighted by Gasteiger charge is 2.41. The molecule has 132 valence electrons. The zero-order valence-electron chi connectivity index (χ0n) is 14.6. The molecule has 0 saturated carbocycles. The van der Waals surface area contributed by atoms with Gasteiger partial charge in [-0.15, -0.1) is 0 Å². The fraction of sp³-hybridized carbons (Fsp3) is 0.632. The molecule has 2 heterocycles.